The highest BCUT2D eigenvalue weighted by molar-refractivity contribution is 7.47. The van der Waals surface area contributed by atoms with E-state index in [-0.39, 0.29) is 19.3 Å². The molecule has 0 spiro atoms. The number of carbonyl (C=O) groups is 3. The molecule has 4 N–H and O–H groups in total. The predicted molar refractivity (Wildman–Crippen MR) is 546 cm³/mol. The van der Waals surface area contributed by atoms with Crippen molar-refractivity contribution in [3.63, 3.8) is 0 Å². The molecule has 0 radical (unpaired) electrons. The fourth-order valence-electron chi connectivity index (χ4n) is 14.3. The summed E-state index contributed by atoms with van der Waals surface area (Å²) in [4.78, 5) is 59.2. The Hall–Kier alpha value is -5.35. The second-order valence-corrected chi connectivity index (χ2v) is 37.5. The first-order valence-electron chi connectivity index (χ1n) is 52.1. The number of hydrogen-bond acceptors (Lipinski definition) is 14. The third-order valence-electron chi connectivity index (χ3n) is 22.1. The number of phosphoric acid groups is 2. The predicted octanol–water partition coefficient (Wildman–Crippen LogP) is 33.1. The van der Waals surface area contributed by atoms with Gasteiger partial charge in [-0.3, -0.25) is 32.5 Å². The average Bonchev–Trinajstić information content (AvgIpc) is 0.899. The molecule has 740 valence electrons. The Kier molecular flexibility index (Phi) is 97.4. The maximum Gasteiger partial charge on any atom is 0.472 e. The molecule has 0 bridgehead atoms. The van der Waals surface area contributed by atoms with Crippen LogP contribution in [0.3, 0.4) is 0 Å². The van der Waals surface area contributed by atoms with Crippen LogP contribution in [0.1, 0.15) is 445 Å². The van der Waals surface area contributed by atoms with E-state index >= 15 is 0 Å². The highest BCUT2D eigenvalue weighted by Gasteiger charge is 2.30. The van der Waals surface area contributed by atoms with E-state index in [1.165, 1.54) is 212 Å². The summed E-state index contributed by atoms with van der Waals surface area (Å²) < 4.78 is 61.7. The number of carbonyl (C=O) groups excluding carboxylic acids is 3. The van der Waals surface area contributed by atoms with Gasteiger partial charge in [0.25, 0.3) is 0 Å². The summed E-state index contributed by atoms with van der Waals surface area (Å²) in [6, 6.07) is 0. The molecule has 0 amide bonds. The van der Waals surface area contributed by atoms with Gasteiger partial charge in [-0.15, -0.1) is 0 Å². The Bertz CT molecular complexity index is 3080. The fraction of sp³-hybridized carbons (Fsp3) is 0.703. The molecule has 0 aromatic carbocycles. The number of phosphoric ester groups is 2. The number of rotatable bonds is 98. The molecule has 129 heavy (non-hydrogen) atoms. The van der Waals surface area contributed by atoms with Gasteiger partial charge in [0.2, 0.25) is 0 Å². The van der Waals surface area contributed by atoms with Crippen molar-refractivity contribution in [2.24, 2.45) is 0 Å². The molecule has 0 aliphatic heterocycles. The van der Waals surface area contributed by atoms with Gasteiger partial charge in [0.05, 0.1) is 26.4 Å². The SMILES string of the molecule is CC/C=C\C/C=C\C/C=C\C/C=C\C/C=C\C/C=C\CCCCCCCCCCCCCCCCCCC(=O)OCC(O)COP(=O)(O)OCC(O)COP(=O)(O)OCC(COC(=O)CCCCCCCCCCCCCCCCCCCCC/C=C\C/C=C\C/C=C\C/C=C\CCCCC)OC(=O)CCCCCCCCC/C=C\C/C=C\C/C=C\C/C=C\C/C=C\CC. The van der Waals surface area contributed by atoms with Gasteiger partial charge in [-0.25, -0.2) is 9.13 Å². The number of esters is 3. The number of aliphatic hydroxyl groups excluding tert-OH is 2. The molecule has 16 nitrogen and oxygen atoms in total. The van der Waals surface area contributed by atoms with Gasteiger partial charge in [-0.05, 0) is 161 Å². The largest absolute Gasteiger partial charge is 0.472 e. The van der Waals surface area contributed by atoms with Crippen molar-refractivity contribution in [3.8, 4) is 0 Å². The lowest BCUT2D eigenvalue weighted by molar-refractivity contribution is -0.161. The van der Waals surface area contributed by atoms with Gasteiger partial charge in [0.15, 0.2) is 6.10 Å². The van der Waals surface area contributed by atoms with Gasteiger partial charge >= 0.3 is 33.6 Å². The quantitative estimate of drug-likeness (QED) is 0.0146. The van der Waals surface area contributed by atoms with Crippen LogP contribution in [-0.2, 0) is 55.8 Å². The Morgan fingerprint density at radius 1 is 0.225 bits per heavy atom. The van der Waals surface area contributed by atoms with Crippen molar-refractivity contribution in [1.29, 1.82) is 0 Å². The van der Waals surface area contributed by atoms with Crippen LogP contribution < -0.4 is 0 Å². The maximum atomic E-state index is 13.1. The van der Waals surface area contributed by atoms with Gasteiger partial charge in [0, 0.05) is 19.3 Å². The van der Waals surface area contributed by atoms with Crippen molar-refractivity contribution in [2.45, 2.75) is 463 Å². The molecule has 5 unspecified atom stereocenters. The van der Waals surface area contributed by atoms with E-state index in [0.29, 0.717) is 19.3 Å². The minimum atomic E-state index is -4.95. The van der Waals surface area contributed by atoms with Crippen molar-refractivity contribution in [2.75, 3.05) is 39.6 Å². The smallest absolute Gasteiger partial charge is 0.463 e. The summed E-state index contributed by atoms with van der Waals surface area (Å²) >= 11 is 0. The molecule has 0 aliphatic rings. The molecule has 0 saturated heterocycles. The van der Waals surface area contributed by atoms with Crippen molar-refractivity contribution in [3.05, 3.63) is 182 Å². The second-order valence-electron chi connectivity index (χ2n) is 34.6. The van der Waals surface area contributed by atoms with E-state index < -0.39 is 91.5 Å². The molecule has 0 aromatic heterocycles. The lowest BCUT2D eigenvalue weighted by Gasteiger charge is -2.21. The molecule has 5 atom stereocenters. The van der Waals surface area contributed by atoms with E-state index in [1.807, 2.05) is 0 Å². The average molecular weight is 1840 g/mol. The van der Waals surface area contributed by atoms with E-state index in [2.05, 4.69) is 203 Å². The van der Waals surface area contributed by atoms with Gasteiger partial charge in [-0.1, -0.05) is 447 Å². The number of aliphatic hydroxyl groups is 2. The normalized spacial score (nSPS) is 14.4. The molecule has 0 aromatic rings. The van der Waals surface area contributed by atoms with Crippen molar-refractivity contribution >= 4 is 33.6 Å². The van der Waals surface area contributed by atoms with Crippen LogP contribution in [0, 0.1) is 0 Å². The number of hydrogen-bond donors (Lipinski definition) is 4. The van der Waals surface area contributed by atoms with Crippen LogP contribution in [0.4, 0.5) is 0 Å². The summed E-state index contributed by atoms with van der Waals surface area (Å²) in [5.74, 6) is -1.57. The van der Waals surface area contributed by atoms with E-state index in [1.54, 1.807) is 0 Å². The Labute approximate surface area is 789 Å². The van der Waals surface area contributed by atoms with Gasteiger partial charge in [-0.2, -0.15) is 0 Å². The van der Waals surface area contributed by atoms with Gasteiger partial charge < -0.3 is 34.2 Å². The molecule has 0 heterocycles. The molecular weight excluding hydrogens is 1650 g/mol. The van der Waals surface area contributed by atoms with Gasteiger partial charge in [0.1, 0.15) is 25.4 Å². The molecule has 0 aliphatic carbocycles. The lowest BCUT2D eigenvalue weighted by Crippen LogP contribution is -2.30. The summed E-state index contributed by atoms with van der Waals surface area (Å²) in [5, 5.41) is 20.8. The standard InChI is InChI=1S/C111H190O16P2/c1-4-7-10-13-16-19-22-25-28-31-34-37-40-42-44-46-48-50-52-54-56-58-60-62-65-67-70-73-76-79-82-85-88-91-94-97-109(114)121-100-106(112)101-123-128(117,118)124-102-107(113)103-125-129(119,120)126-105-108(127-111(116)99-96-93-90-87-84-81-78-75-72-69-64-39-36-33-30-27-24-21-18-15-12-9-6-3)104-122-110(115)98-95-92-89-86-83-80-77-74-71-68-66-63-61-59-57-55-53-51-49-47-45-43-41-38-35-32-29-26-23-20-17-14-11-8-5-2/h7,9-10,12,16-21,25-30,34-39,42-45,48,50,69,72,106-108,112-113H,4-6,8,11,13-15,22-24,31-33,40-41,46-47,49,51-68,70-71,73-105H2,1-3H3,(H,117,118)(H,119,120)/b10-7-,12-9-,19-16-,20-17-,21-18-,28-25-,29-26-,30-27-,37-34-,38-35-,39-36-,44-42-,45-43-,50-48-,72-69-. The van der Waals surface area contributed by atoms with Crippen LogP contribution in [0.25, 0.3) is 0 Å². The first kappa shape index (κ1) is 124. The van der Waals surface area contributed by atoms with Crippen LogP contribution in [0.5, 0.6) is 0 Å². The first-order valence-corrected chi connectivity index (χ1v) is 55.1. The number of allylic oxidation sites excluding steroid dienone is 30. The zero-order valence-electron chi connectivity index (χ0n) is 82.0. The van der Waals surface area contributed by atoms with Crippen molar-refractivity contribution < 1.29 is 75.8 Å². The zero-order valence-corrected chi connectivity index (χ0v) is 83.8. The molecule has 0 rings (SSSR count). The number of unbranched alkanes of at least 4 members (excludes halogenated alkanes) is 45. The van der Waals surface area contributed by atoms with Crippen LogP contribution >= 0.6 is 15.6 Å². The van der Waals surface area contributed by atoms with E-state index in [4.69, 9.17) is 32.3 Å². The van der Waals surface area contributed by atoms with Crippen LogP contribution in [0.15, 0.2) is 182 Å². The molecule has 18 heteroatoms. The summed E-state index contributed by atoms with van der Waals surface area (Å²) in [7, 11) is -9.82. The monoisotopic (exact) mass is 1840 g/mol. The van der Waals surface area contributed by atoms with Crippen molar-refractivity contribution in [1.82, 2.24) is 0 Å². The zero-order chi connectivity index (χ0) is 93.5. The topological polar surface area (TPSA) is 231 Å². The highest BCUT2D eigenvalue weighted by Crippen LogP contribution is 2.45. The third kappa shape index (κ3) is 103. The van der Waals surface area contributed by atoms with E-state index in [9.17, 15) is 43.5 Å². The van der Waals surface area contributed by atoms with E-state index in [0.717, 1.165) is 173 Å². The molecule has 0 saturated carbocycles. The molecule has 0 fully saturated rings. The molecular formula is C111H190O16P2. The summed E-state index contributed by atoms with van der Waals surface area (Å²) in [6.45, 7) is 2.48. The Morgan fingerprint density at radius 2 is 0.411 bits per heavy atom. The Morgan fingerprint density at radius 3 is 0.651 bits per heavy atom. The third-order valence-corrected chi connectivity index (χ3v) is 24.0. The first-order chi connectivity index (χ1) is 63.2. The minimum Gasteiger partial charge on any atom is -0.463 e. The number of ether oxygens (including phenoxy) is 3. The second kappa shape index (κ2) is 102. The van der Waals surface area contributed by atoms with Crippen LogP contribution in [-0.4, -0.2) is 95.9 Å². The fourth-order valence-corrected chi connectivity index (χ4v) is 15.9. The highest BCUT2D eigenvalue weighted by atomic mass is 31.2. The lowest BCUT2D eigenvalue weighted by atomic mass is 10.0. The Balaban J connectivity index is 4.55. The van der Waals surface area contributed by atoms with Crippen LogP contribution in [0.2, 0.25) is 0 Å². The summed E-state index contributed by atoms with van der Waals surface area (Å²) in [5.41, 5.74) is 0. The minimum absolute atomic E-state index is 0.0891. The maximum absolute atomic E-state index is 13.1. The summed E-state index contributed by atoms with van der Waals surface area (Å²) in [6.07, 6.45) is 135.